The van der Waals surface area contributed by atoms with Gasteiger partial charge in [-0.15, -0.1) is 0 Å². The summed E-state index contributed by atoms with van der Waals surface area (Å²) in [6.07, 6.45) is -2.31. The van der Waals surface area contributed by atoms with Crippen LogP contribution in [0.25, 0.3) is 10.9 Å². The molecule has 1 aliphatic rings. The number of nitrogens with zero attached hydrogens (tertiary/aromatic N) is 2. The van der Waals surface area contributed by atoms with Crippen LogP contribution in [0.3, 0.4) is 0 Å². The Morgan fingerprint density at radius 2 is 1.86 bits per heavy atom. The predicted molar refractivity (Wildman–Crippen MR) is 126 cm³/mol. The lowest BCUT2D eigenvalue weighted by molar-refractivity contribution is -0.192. The number of benzene rings is 2. The maximum atomic E-state index is 13.1. The van der Waals surface area contributed by atoms with E-state index in [1.807, 2.05) is 30.5 Å². The Hall–Kier alpha value is -3.53. The van der Waals surface area contributed by atoms with Crippen molar-refractivity contribution in [2.24, 2.45) is 0 Å². The summed E-state index contributed by atoms with van der Waals surface area (Å²) in [5, 5.41) is 11.3. The number of aromatic nitrogens is 1. The number of hydrogen-bond acceptors (Lipinski definition) is 4. The van der Waals surface area contributed by atoms with Crippen LogP contribution in [-0.2, 0) is 17.8 Å². The van der Waals surface area contributed by atoms with Crippen LogP contribution in [0, 0.1) is 6.92 Å². The molecule has 3 aromatic rings. The second kappa shape index (κ2) is 10.8. The first kappa shape index (κ1) is 26.1. The average molecular weight is 492 g/mol. The molecular formula is C25H28F3N3O4. The number of nitrogens with one attached hydrogen (secondary N) is 1. The summed E-state index contributed by atoms with van der Waals surface area (Å²) in [6.45, 7) is 4.33. The van der Waals surface area contributed by atoms with Crippen LogP contribution in [-0.4, -0.2) is 65.9 Å². The van der Waals surface area contributed by atoms with Crippen LogP contribution < -0.4 is 10.1 Å². The molecule has 0 saturated carbocycles. The Labute approximate surface area is 201 Å². The molecule has 0 saturated heterocycles. The lowest BCUT2D eigenvalue weighted by atomic mass is 9.99. The van der Waals surface area contributed by atoms with Gasteiger partial charge in [0.1, 0.15) is 12.4 Å². The molecular weight excluding hydrogens is 463 g/mol. The van der Waals surface area contributed by atoms with Gasteiger partial charge in [0.15, 0.2) is 0 Å². The quantitative estimate of drug-likeness (QED) is 0.566. The molecule has 0 aliphatic carbocycles. The first-order valence-electron chi connectivity index (χ1n) is 11.0. The molecule has 188 valence electrons. The second-order valence-electron chi connectivity index (χ2n) is 8.61. The number of aryl methyl sites for hydroxylation is 1. The fraction of sp³-hybridized carbons (Fsp3) is 0.360. The van der Waals surface area contributed by atoms with Crippen molar-refractivity contribution < 1.29 is 32.6 Å². The first-order chi connectivity index (χ1) is 16.5. The molecule has 1 unspecified atom stereocenters. The highest BCUT2D eigenvalue weighted by molar-refractivity contribution is 6.07. The molecule has 1 aliphatic heterocycles. The van der Waals surface area contributed by atoms with Gasteiger partial charge in [-0.2, -0.15) is 13.2 Å². The second-order valence-corrected chi connectivity index (χ2v) is 8.61. The number of carboxylic acid groups (broad SMARTS) is 1. The number of amides is 1. The number of carbonyl (C=O) groups is 2. The highest BCUT2D eigenvalue weighted by Gasteiger charge is 2.38. The average Bonchev–Trinajstić information content (AvgIpc) is 3.16. The van der Waals surface area contributed by atoms with E-state index in [0.29, 0.717) is 6.61 Å². The molecule has 1 amide bonds. The Balaban J connectivity index is 0.000000429. The molecule has 2 aromatic carbocycles. The number of hydrogen-bond donors (Lipinski definition) is 2. The molecule has 2 heterocycles. The van der Waals surface area contributed by atoms with Crippen LogP contribution in [0.15, 0.2) is 48.7 Å². The molecule has 0 fully saturated rings. The summed E-state index contributed by atoms with van der Waals surface area (Å²) in [5.41, 5.74) is 4.12. The van der Waals surface area contributed by atoms with Crippen molar-refractivity contribution in [3.8, 4) is 5.75 Å². The molecule has 1 aromatic heterocycles. The molecule has 7 nitrogen and oxygen atoms in total. The van der Waals surface area contributed by atoms with Crippen molar-refractivity contribution in [3.05, 3.63) is 65.4 Å². The fourth-order valence-corrected chi connectivity index (χ4v) is 3.87. The molecule has 0 spiro atoms. The number of aliphatic carboxylic acids is 1. The molecule has 2 N–H and O–H groups in total. The topological polar surface area (TPSA) is 83.8 Å². The molecule has 0 bridgehead atoms. The summed E-state index contributed by atoms with van der Waals surface area (Å²) in [6, 6.07) is 14.2. The van der Waals surface area contributed by atoms with Gasteiger partial charge in [-0.25, -0.2) is 4.79 Å². The minimum Gasteiger partial charge on any atom is -0.491 e. The Kier molecular flexibility index (Phi) is 8.06. The zero-order valence-electron chi connectivity index (χ0n) is 19.7. The van der Waals surface area contributed by atoms with Crippen LogP contribution in [0.5, 0.6) is 5.75 Å². The van der Waals surface area contributed by atoms with E-state index in [1.54, 1.807) is 0 Å². The third kappa shape index (κ3) is 6.54. The Bertz CT molecular complexity index is 1200. The van der Waals surface area contributed by atoms with Gasteiger partial charge in [0.2, 0.25) is 0 Å². The summed E-state index contributed by atoms with van der Waals surface area (Å²) in [7, 11) is 4.11. The smallest absolute Gasteiger partial charge is 0.490 e. The van der Waals surface area contributed by atoms with Crippen LogP contribution in [0.1, 0.15) is 21.5 Å². The molecule has 35 heavy (non-hydrogen) atoms. The summed E-state index contributed by atoms with van der Waals surface area (Å²) in [4.78, 5) is 24.1. The third-order valence-corrected chi connectivity index (χ3v) is 5.59. The van der Waals surface area contributed by atoms with Crippen LogP contribution >= 0.6 is 0 Å². The fourth-order valence-electron chi connectivity index (χ4n) is 3.87. The lowest BCUT2D eigenvalue weighted by Gasteiger charge is -2.27. The van der Waals surface area contributed by atoms with Crippen molar-refractivity contribution >= 4 is 22.8 Å². The van der Waals surface area contributed by atoms with E-state index in [-0.39, 0.29) is 11.9 Å². The van der Waals surface area contributed by atoms with Crippen LogP contribution in [0.4, 0.5) is 13.2 Å². The van der Waals surface area contributed by atoms with E-state index < -0.39 is 12.1 Å². The number of rotatable bonds is 5. The minimum absolute atomic E-state index is 0.0225. The number of halogens is 3. The Morgan fingerprint density at radius 3 is 2.51 bits per heavy atom. The van der Waals surface area contributed by atoms with Crippen molar-refractivity contribution in [1.82, 2.24) is 14.8 Å². The van der Waals surface area contributed by atoms with Crippen molar-refractivity contribution in [3.63, 3.8) is 0 Å². The van der Waals surface area contributed by atoms with Gasteiger partial charge in [-0.05, 0) is 44.6 Å². The SMILES string of the molecule is Cc1cccc2c1OCC(NC(=O)c1cn(CCN(C)C)c3ccccc13)C2.O=C(O)C(F)(F)F. The maximum Gasteiger partial charge on any atom is 0.490 e. The van der Waals surface area contributed by atoms with E-state index in [1.165, 1.54) is 0 Å². The number of likely N-dealkylation sites (N-methyl/N-ethyl adjacent to an activating group) is 1. The van der Waals surface area contributed by atoms with Gasteiger partial charge in [-0.1, -0.05) is 36.4 Å². The number of alkyl halides is 3. The largest absolute Gasteiger partial charge is 0.491 e. The molecule has 10 heteroatoms. The van der Waals surface area contributed by atoms with E-state index in [0.717, 1.165) is 52.9 Å². The summed E-state index contributed by atoms with van der Waals surface area (Å²) < 4.78 is 39.8. The highest BCUT2D eigenvalue weighted by atomic mass is 19.4. The predicted octanol–water partition coefficient (Wildman–Crippen LogP) is 3.88. The standard InChI is InChI=1S/C23H27N3O2.C2HF3O2/c1-16-7-6-8-17-13-18(15-28-22(16)17)24-23(27)20-14-26(12-11-25(2)3)21-10-5-4-9-19(20)21;3-2(4,5)1(6)7/h4-10,14,18H,11-13,15H2,1-3H3,(H,24,27);(H,6,7). The number of carbonyl (C=O) groups excluding carboxylic acids is 1. The van der Waals surface area contributed by atoms with Crippen molar-refractivity contribution in [2.45, 2.75) is 32.1 Å². The van der Waals surface area contributed by atoms with Gasteiger partial charge in [0, 0.05) is 30.2 Å². The number of carboxylic acids is 1. The molecule has 4 rings (SSSR count). The van der Waals surface area contributed by atoms with Gasteiger partial charge >= 0.3 is 12.1 Å². The minimum atomic E-state index is -5.08. The van der Waals surface area contributed by atoms with Gasteiger partial charge in [-0.3, -0.25) is 4.79 Å². The summed E-state index contributed by atoms with van der Waals surface area (Å²) >= 11 is 0. The summed E-state index contributed by atoms with van der Waals surface area (Å²) in [5.74, 6) is -1.83. The molecule has 1 atom stereocenters. The van der Waals surface area contributed by atoms with E-state index in [2.05, 4.69) is 54.0 Å². The highest BCUT2D eigenvalue weighted by Crippen LogP contribution is 2.28. The van der Waals surface area contributed by atoms with E-state index >= 15 is 0 Å². The number of para-hydroxylation sites is 2. The monoisotopic (exact) mass is 491 g/mol. The van der Waals surface area contributed by atoms with Gasteiger partial charge < -0.3 is 24.6 Å². The normalized spacial score (nSPS) is 15.1. The third-order valence-electron chi connectivity index (χ3n) is 5.59. The van der Waals surface area contributed by atoms with Gasteiger partial charge in [0.05, 0.1) is 11.6 Å². The Morgan fingerprint density at radius 1 is 1.17 bits per heavy atom. The number of fused-ring (bicyclic) bond motifs is 2. The number of ether oxygens (including phenoxy) is 1. The van der Waals surface area contributed by atoms with Gasteiger partial charge in [0.25, 0.3) is 5.91 Å². The zero-order valence-corrected chi connectivity index (χ0v) is 19.7. The van der Waals surface area contributed by atoms with Crippen molar-refractivity contribution in [1.29, 1.82) is 0 Å². The van der Waals surface area contributed by atoms with Crippen molar-refractivity contribution in [2.75, 3.05) is 27.2 Å². The lowest BCUT2D eigenvalue weighted by Crippen LogP contribution is -2.42. The zero-order chi connectivity index (χ0) is 25.8. The van der Waals surface area contributed by atoms with E-state index in [9.17, 15) is 18.0 Å². The molecule has 0 radical (unpaired) electrons. The maximum absolute atomic E-state index is 13.1. The first-order valence-corrected chi connectivity index (χ1v) is 11.0. The van der Waals surface area contributed by atoms with Crippen LogP contribution in [0.2, 0.25) is 0 Å². The van der Waals surface area contributed by atoms with E-state index in [4.69, 9.17) is 14.6 Å².